The number of sulfonamides is 1. The zero-order valence-corrected chi connectivity index (χ0v) is 17.3. The van der Waals surface area contributed by atoms with E-state index in [1.807, 2.05) is 0 Å². The summed E-state index contributed by atoms with van der Waals surface area (Å²) >= 11 is 6.10. The molecule has 0 unspecified atom stereocenters. The number of hydrogen-bond donors (Lipinski definition) is 1. The summed E-state index contributed by atoms with van der Waals surface area (Å²) in [5.41, 5.74) is 1.63. The van der Waals surface area contributed by atoms with Crippen molar-refractivity contribution in [3.8, 4) is 5.75 Å². The van der Waals surface area contributed by atoms with Crippen LogP contribution in [0.3, 0.4) is 0 Å². The van der Waals surface area contributed by atoms with Crippen LogP contribution in [0.2, 0.25) is 5.02 Å². The van der Waals surface area contributed by atoms with Crippen LogP contribution in [0.1, 0.15) is 18.9 Å². The second kappa shape index (κ2) is 8.63. The highest BCUT2D eigenvalue weighted by atomic mass is 35.5. The average molecular weight is 411 g/mol. The van der Waals surface area contributed by atoms with Gasteiger partial charge < -0.3 is 10.1 Å². The standard InChI is InChI=1S/C19H23ClN2O4S/c1-5-18(19(23)21-17-11-7-10-16(20)13(17)2)22(27(4,24)25)14-8-6-9-15(12-14)26-3/h6-12,18H,5H2,1-4H3,(H,21,23)/t18-/m1/s1. The van der Waals surface area contributed by atoms with Crippen molar-refractivity contribution in [3.63, 3.8) is 0 Å². The van der Waals surface area contributed by atoms with Gasteiger partial charge in [0.05, 0.1) is 19.1 Å². The molecule has 27 heavy (non-hydrogen) atoms. The molecule has 0 aromatic heterocycles. The predicted octanol–water partition coefficient (Wildman–Crippen LogP) is 3.84. The molecule has 1 N–H and O–H groups in total. The van der Waals surface area contributed by atoms with Gasteiger partial charge in [0.1, 0.15) is 11.8 Å². The van der Waals surface area contributed by atoms with Crippen molar-refractivity contribution in [3.05, 3.63) is 53.1 Å². The lowest BCUT2D eigenvalue weighted by atomic mass is 10.1. The Hall–Kier alpha value is -2.25. The molecule has 0 spiro atoms. The summed E-state index contributed by atoms with van der Waals surface area (Å²) in [7, 11) is -2.22. The molecule has 0 fully saturated rings. The third-order valence-corrected chi connectivity index (χ3v) is 5.75. The Bertz CT molecular complexity index is 931. The van der Waals surface area contributed by atoms with Crippen LogP contribution in [-0.2, 0) is 14.8 Å². The molecule has 0 saturated carbocycles. The monoisotopic (exact) mass is 410 g/mol. The third-order valence-electron chi connectivity index (χ3n) is 4.16. The summed E-state index contributed by atoms with van der Waals surface area (Å²) in [5, 5.41) is 3.31. The molecule has 0 bridgehead atoms. The van der Waals surface area contributed by atoms with E-state index < -0.39 is 22.0 Å². The smallest absolute Gasteiger partial charge is 0.248 e. The summed E-state index contributed by atoms with van der Waals surface area (Å²) in [5.74, 6) is 0.0678. The lowest BCUT2D eigenvalue weighted by molar-refractivity contribution is -0.117. The Labute approximate surface area is 165 Å². The zero-order valence-electron chi connectivity index (χ0n) is 15.7. The number of nitrogens with zero attached hydrogens (tertiary/aromatic N) is 1. The second-order valence-corrected chi connectivity index (χ2v) is 8.35. The first-order chi connectivity index (χ1) is 12.7. The molecule has 2 aromatic carbocycles. The van der Waals surface area contributed by atoms with Crippen LogP contribution in [0, 0.1) is 6.92 Å². The lowest BCUT2D eigenvalue weighted by Crippen LogP contribution is -2.47. The molecule has 0 aliphatic rings. The number of amides is 1. The lowest BCUT2D eigenvalue weighted by Gasteiger charge is -2.30. The van der Waals surface area contributed by atoms with Crippen molar-refractivity contribution in [2.75, 3.05) is 23.0 Å². The summed E-state index contributed by atoms with van der Waals surface area (Å²) in [4.78, 5) is 12.9. The van der Waals surface area contributed by atoms with Crippen molar-refractivity contribution in [1.82, 2.24) is 0 Å². The number of ether oxygens (including phenoxy) is 1. The number of carbonyl (C=O) groups is 1. The molecule has 2 rings (SSSR count). The number of anilines is 2. The van der Waals surface area contributed by atoms with Gasteiger partial charge in [0.15, 0.2) is 0 Å². The van der Waals surface area contributed by atoms with E-state index in [0.717, 1.165) is 16.1 Å². The number of nitrogens with one attached hydrogen (secondary N) is 1. The topological polar surface area (TPSA) is 75.7 Å². The molecule has 6 nitrogen and oxygen atoms in total. The van der Waals surface area contributed by atoms with Crippen molar-refractivity contribution >= 4 is 38.9 Å². The van der Waals surface area contributed by atoms with Crippen molar-refractivity contribution in [2.45, 2.75) is 26.3 Å². The fourth-order valence-electron chi connectivity index (χ4n) is 2.77. The van der Waals surface area contributed by atoms with E-state index in [4.69, 9.17) is 16.3 Å². The van der Waals surface area contributed by atoms with E-state index in [-0.39, 0.29) is 6.42 Å². The highest BCUT2D eigenvalue weighted by molar-refractivity contribution is 7.92. The van der Waals surface area contributed by atoms with Gasteiger partial charge in [-0.3, -0.25) is 9.10 Å². The first-order valence-electron chi connectivity index (χ1n) is 8.38. The molecule has 2 aromatic rings. The second-order valence-electron chi connectivity index (χ2n) is 6.09. The van der Waals surface area contributed by atoms with Gasteiger partial charge in [-0.1, -0.05) is 30.7 Å². The van der Waals surface area contributed by atoms with Crippen LogP contribution in [0.4, 0.5) is 11.4 Å². The highest BCUT2D eigenvalue weighted by Crippen LogP contribution is 2.28. The van der Waals surface area contributed by atoms with Crippen LogP contribution < -0.4 is 14.4 Å². The minimum Gasteiger partial charge on any atom is -0.497 e. The van der Waals surface area contributed by atoms with Gasteiger partial charge in [0.2, 0.25) is 15.9 Å². The van der Waals surface area contributed by atoms with Crippen LogP contribution in [0.5, 0.6) is 5.75 Å². The molecular weight excluding hydrogens is 388 g/mol. The normalized spacial score (nSPS) is 12.3. The Kier molecular flexibility index (Phi) is 6.73. The summed E-state index contributed by atoms with van der Waals surface area (Å²) < 4.78 is 31.3. The number of hydrogen-bond acceptors (Lipinski definition) is 4. The largest absolute Gasteiger partial charge is 0.497 e. The summed E-state index contributed by atoms with van der Waals surface area (Å²) in [6, 6.07) is 10.8. The van der Waals surface area contributed by atoms with Crippen LogP contribution in [0.25, 0.3) is 0 Å². The van der Waals surface area contributed by atoms with Gasteiger partial charge in [-0.2, -0.15) is 0 Å². The maximum atomic E-state index is 12.9. The fraction of sp³-hybridized carbons (Fsp3) is 0.316. The van der Waals surface area contributed by atoms with E-state index in [9.17, 15) is 13.2 Å². The van der Waals surface area contributed by atoms with Crippen molar-refractivity contribution in [2.24, 2.45) is 0 Å². The van der Waals surface area contributed by atoms with Crippen LogP contribution in [-0.4, -0.2) is 33.7 Å². The molecule has 0 aliphatic heterocycles. The summed E-state index contributed by atoms with van der Waals surface area (Å²) in [6.07, 6.45) is 1.36. The Morgan fingerprint density at radius 2 is 1.93 bits per heavy atom. The molecule has 1 amide bonds. The van der Waals surface area contributed by atoms with Gasteiger partial charge in [-0.15, -0.1) is 0 Å². The van der Waals surface area contributed by atoms with E-state index in [1.165, 1.54) is 7.11 Å². The predicted molar refractivity (Wildman–Crippen MR) is 109 cm³/mol. The first kappa shape index (κ1) is 21.1. The molecule has 0 heterocycles. The van der Waals surface area contributed by atoms with Crippen LogP contribution in [0.15, 0.2) is 42.5 Å². The number of halogens is 1. The van der Waals surface area contributed by atoms with Gasteiger partial charge >= 0.3 is 0 Å². The van der Waals surface area contributed by atoms with Crippen molar-refractivity contribution in [1.29, 1.82) is 0 Å². The van der Waals surface area contributed by atoms with Gasteiger partial charge in [-0.25, -0.2) is 8.42 Å². The number of benzene rings is 2. The number of carbonyl (C=O) groups excluding carboxylic acids is 1. The molecular formula is C19H23ClN2O4S. The molecule has 0 radical (unpaired) electrons. The van der Waals surface area contributed by atoms with E-state index in [2.05, 4.69) is 5.32 Å². The third kappa shape index (κ3) is 4.93. The summed E-state index contributed by atoms with van der Waals surface area (Å²) in [6.45, 7) is 3.54. The molecule has 1 atom stereocenters. The van der Waals surface area contributed by atoms with E-state index in [1.54, 1.807) is 56.3 Å². The Morgan fingerprint density at radius 3 is 2.52 bits per heavy atom. The number of methoxy groups -OCH3 is 1. The van der Waals surface area contributed by atoms with Gasteiger partial charge in [0.25, 0.3) is 0 Å². The molecule has 146 valence electrons. The van der Waals surface area contributed by atoms with Gasteiger partial charge in [0, 0.05) is 16.8 Å². The fourth-order valence-corrected chi connectivity index (χ4v) is 4.14. The van der Waals surface area contributed by atoms with E-state index >= 15 is 0 Å². The maximum absolute atomic E-state index is 12.9. The maximum Gasteiger partial charge on any atom is 0.248 e. The molecule has 0 aliphatic carbocycles. The SMILES string of the molecule is CC[C@H](C(=O)Nc1cccc(Cl)c1C)N(c1cccc(OC)c1)S(C)(=O)=O. The Balaban J connectivity index is 2.43. The average Bonchev–Trinajstić information content (AvgIpc) is 2.62. The molecule has 8 heteroatoms. The minimum atomic E-state index is -3.72. The van der Waals surface area contributed by atoms with Crippen molar-refractivity contribution < 1.29 is 17.9 Å². The number of rotatable bonds is 7. The van der Waals surface area contributed by atoms with Gasteiger partial charge in [-0.05, 0) is 43.2 Å². The zero-order chi connectivity index (χ0) is 20.2. The highest BCUT2D eigenvalue weighted by Gasteiger charge is 2.32. The van der Waals surface area contributed by atoms with E-state index in [0.29, 0.717) is 22.1 Å². The molecule has 0 saturated heterocycles. The van der Waals surface area contributed by atoms with Crippen LogP contribution >= 0.6 is 11.6 Å². The minimum absolute atomic E-state index is 0.287. The quantitative estimate of drug-likeness (QED) is 0.752. The first-order valence-corrected chi connectivity index (χ1v) is 10.6. The Morgan fingerprint density at radius 1 is 1.26 bits per heavy atom.